The summed E-state index contributed by atoms with van der Waals surface area (Å²) in [4.78, 5) is 18.4. The first-order chi connectivity index (χ1) is 14.9. The van der Waals surface area contributed by atoms with Crippen LogP contribution in [0.2, 0.25) is 10.0 Å². The Kier molecular flexibility index (Phi) is 6.27. The topological polar surface area (TPSA) is 79.5 Å². The first-order valence-corrected chi connectivity index (χ1v) is 11.0. The van der Waals surface area contributed by atoms with Crippen molar-refractivity contribution in [3.8, 4) is 5.75 Å². The number of amides is 1. The summed E-state index contributed by atoms with van der Waals surface area (Å²) >= 11 is 14.0. The van der Waals surface area contributed by atoms with Crippen molar-refractivity contribution in [2.75, 3.05) is 0 Å². The van der Waals surface area contributed by atoms with Gasteiger partial charge in [-0.2, -0.15) is 5.10 Å². The number of hydrazone groups is 1. The lowest BCUT2D eigenvalue weighted by molar-refractivity contribution is -0.121. The zero-order chi connectivity index (χ0) is 22.0. The highest BCUT2D eigenvalue weighted by atomic mass is 35.5. The maximum Gasteiger partial charge on any atom is 0.260 e. The minimum absolute atomic E-state index is 0.00626. The molecule has 2 N–H and O–H groups in total. The summed E-state index contributed by atoms with van der Waals surface area (Å²) in [5.41, 5.74) is 5.39. The first kappa shape index (κ1) is 21.4. The number of aromatic nitrogens is 2. The van der Waals surface area contributed by atoms with E-state index in [0.29, 0.717) is 27.5 Å². The summed E-state index contributed by atoms with van der Waals surface area (Å²) in [5.74, 6) is 0.487. The molecule has 4 rings (SSSR count). The van der Waals surface area contributed by atoms with Crippen LogP contribution >= 0.6 is 34.5 Å². The predicted octanol–water partition coefficient (Wildman–Crippen LogP) is 5.16. The van der Waals surface area contributed by atoms with Gasteiger partial charge in [-0.05, 0) is 42.6 Å². The molecule has 0 bridgehead atoms. The number of halogens is 2. The zero-order valence-corrected chi connectivity index (χ0v) is 18.8. The highest BCUT2D eigenvalue weighted by Gasteiger charge is 2.16. The van der Waals surface area contributed by atoms with Crippen LogP contribution < -0.4 is 5.43 Å². The van der Waals surface area contributed by atoms with Crippen molar-refractivity contribution in [2.45, 2.75) is 19.9 Å². The number of hydrogen-bond acceptors (Lipinski definition) is 5. The van der Waals surface area contributed by atoms with E-state index in [4.69, 9.17) is 23.2 Å². The van der Waals surface area contributed by atoms with Gasteiger partial charge in [0.25, 0.3) is 5.91 Å². The number of hydrogen-bond donors (Lipinski definition) is 2. The standard InChI is InChI=1S/C22H18Cl2N4O2S/c1-13-4-5-20(29)14(7-13)11-25-27-22(30)12-28-19-10-17(24)16(23)9-18(19)26-21(28)8-15-3-2-6-31-15/h2-7,9-11,29H,8,12H2,1H3,(H,27,30). The lowest BCUT2D eigenvalue weighted by Crippen LogP contribution is -2.24. The van der Waals surface area contributed by atoms with Crippen molar-refractivity contribution in [1.82, 2.24) is 15.0 Å². The van der Waals surface area contributed by atoms with Gasteiger partial charge in [0.1, 0.15) is 18.1 Å². The number of aromatic hydroxyl groups is 1. The molecule has 0 fully saturated rings. The third-order valence-electron chi connectivity index (χ3n) is 4.66. The van der Waals surface area contributed by atoms with Crippen molar-refractivity contribution in [3.05, 3.63) is 79.7 Å². The second kappa shape index (κ2) is 9.09. The minimum atomic E-state index is -0.332. The van der Waals surface area contributed by atoms with Gasteiger partial charge in [0.2, 0.25) is 0 Å². The average molecular weight is 473 g/mol. The van der Waals surface area contributed by atoms with Crippen LogP contribution in [0, 0.1) is 6.92 Å². The van der Waals surface area contributed by atoms with Gasteiger partial charge in [-0.3, -0.25) is 4.79 Å². The number of phenols is 1. The molecular formula is C22H18Cl2N4O2S. The van der Waals surface area contributed by atoms with Gasteiger partial charge < -0.3 is 9.67 Å². The molecule has 0 aliphatic carbocycles. The van der Waals surface area contributed by atoms with E-state index in [-0.39, 0.29) is 18.2 Å². The molecule has 6 nitrogen and oxygen atoms in total. The Balaban J connectivity index is 1.58. The predicted molar refractivity (Wildman–Crippen MR) is 125 cm³/mol. The molecule has 0 unspecified atom stereocenters. The van der Waals surface area contributed by atoms with Gasteiger partial charge in [0.15, 0.2) is 0 Å². The maximum absolute atomic E-state index is 12.6. The van der Waals surface area contributed by atoms with E-state index in [1.54, 1.807) is 41.7 Å². The molecule has 31 heavy (non-hydrogen) atoms. The van der Waals surface area contributed by atoms with Crippen molar-refractivity contribution in [1.29, 1.82) is 0 Å². The van der Waals surface area contributed by atoms with Crippen LogP contribution in [0.4, 0.5) is 0 Å². The molecule has 0 saturated carbocycles. The Labute approximate surface area is 192 Å². The van der Waals surface area contributed by atoms with Crippen LogP contribution in [-0.2, 0) is 17.8 Å². The van der Waals surface area contributed by atoms with Crippen molar-refractivity contribution in [2.24, 2.45) is 5.10 Å². The molecule has 2 aromatic heterocycles. The van der Waals surface area contributed by atoms with Crippen LogP contribution in [-0.4, -0.2) is 26.8 Å². The van der Waals surface area contributed by atoms with Crippen molar-refractivity contribution >= 4 is 57.7 Å². The van der Waals surface area contributed by atoms with Crippen LogP contribution in [0.1, 0.15) is 21.8 Å². The van der Waals surface area contributed by atoms with E-state index in [1.807, 2.05) is 29.0 Å². The number of benzene rings is 2. The second-order valence-corrected chi connectivity index (χ2v) is 8.83. The van der Waals surface area contributed by atoms with E-state index in [0.717, 1.165) is 21.8 Å². The van der Waals surface area contributed by atoms with Gasteiger partial charge in [-0.25, -0.2) is 10.4 Å². The van der Waals surface area contributed by atoms with E-state index < -0.39 is 0 Å². The Morgan fingerprint density at radius 3 is 2.84 bits per heavy atom. The van der Waals surface area contributed by atoms with Gasteiger partial charge in [0.05, 0.1) is 27.3 Å². The number of fused-ring (bicyclic) bond motifs is 1. The molecule has 0 atom stereocenters. The summed E-state index contributed by atoms with van der Waals surface area (Å²) in [6.07, 6.45) is 1.99. The molecule has 158 valence electrons. The fourth-order valence-corrected chi connectivity index (χ4v) is 4.20. The van der Waals surface area contributed by atoms with Crippen molar-refractivity contribution < 1.29 is 9.90 Å². The largest absolute Gasteiger partial charge is 0.507 e. The SMILES string of the molecule is Cc1ccc(O)c(C=NNC(=O)Cn2c(Cc3cccs3)nc3cc(Cl)c(Cl)cc32)c1. The molecule has 2 heterocycles. The molecule has 9 heteroatoms. The van der Waals surface area contributed by atoms with E-state index in [9.17, 15) is 9.90 Å². The number of rotatable bonds is 6. The molecule has 2 aromatic carbocycles. The fourth-order valence-electron chi connectivity index (χ4n) is 3.18. The second-order valence-electron chi connectivity index (χ2n) is 6.98. The number of carbonyl (C=O) groups excluding carboxylic acids is 1. The van der Waals surface area contributed by atoms with E-state index in [2.05, 4.69) is 15.5 Å². The molecule has 0 radical (unpaired) electrons. The van der Waals surface area contributed by atoms with Crippen LogP contribution in [0.25, 0.3) is 11.0 Å². The number of imidazole rings is 1. The molecule has 0 aliphatic rings. The molecular weight excluding hydrogens is 455 g/mol. The van der Waals surface area contributed by atoms with Crippen LogP contribution in [0.15, 0.2) is 52.9 Å². The molecule has 0 saturated heterocycles. The van der Waals surface area contributed by atoms with E-state index in [1.165, 1.54) is 6.21 Å². The zero-order valence-electron chi connectivity index (χ0n) is 16.5. The monoisotopic (exact) mass is 472 g/mol. The number of phenolic OH excluding ortho intramolecular Hbond substituents is 1. The van der Waals surface area contributed by atoms with Crippen LogP contribution in [0.3, 0.4) is 0 Å². The third-order valence-corrected chi connectivity index (χ3v) is 6.26. The van der Waals surface area contributed by atoms with Crippen molar-refractivity contribution in [3.63, 3.8) is 0 Å². The fraction of sp³-hybridized carbons (Fsp3) is 0.136. The van der Waals surface area contributed by atoms with Gasteiger partial charge >= 0.3 is 0 Å². The Morgan fingerprint density at radius 2 is 2.06 bits per heavy atom. The number of thiophene rings is 1. The number of carbonyl (C=O) groups is 1. The quantitative estimate of drug-likeness (QED) is 0.300. The van der Waals surface area contributed by atoms with Gasteiger partial charge in [0, 0.05) is 16.9 Å². The number of nitrogens with zero attached hydrogens (tertiary/aromatic N) is 3. The first-order valence-electron chi connectivity index (χ1n) is 9.39. The summed E-state index contributed by atoms with van der Waals surface area (Å²) in [7, 11) is 0. The van der Waals surface area contributed by atoms with E-state index >= 15 is 0 Å². The molecule has 0 spiro atoms. The summed E-state index contributed by atoms with van der Waals surface area (Å²) < 4.78 is 1.81. The van der Waals surface area contributed by atoms with Gasteiger partial charge in [-0.15, -0.1) is 11.3 Å². The highest BCUT2D eigenvalue weighted by molar-refractivity contribution is 7.09. The lowest BCUT2D eigenvalue weighted by atomic mass is 10.1. The Bertz CT molecular complexity index is 1280. The molecule has 1 amide bonds. The van der Waals surface area contributed by atoms with Gasteiger partial charge in [-0.1, -0.05) is 40.9 Å². The highest BCUT2D eigenvalue weighted by Crippen LogP contribution is 2.29. The average Bonchev–Trinajstić information content (AvgIpc) is 3.34. The molecule has 4 aromatic rings. The smallest absolute Gasteiger partial charge is 0.260 e. The Hall–Kier alpha value is -2.87. The maximum atomic E-state index is 12.6. The Morgan fingerprint density at radius 1 is 1.26 bits per heavy atom. The minimum Gasteiger partial charge on any atom is -0.507 e. The van der Waals surface area contributed by atoms with Crippen LogP contribution in [0.5, 0.6) is 5.75 Å². The summed E-state index contributed by atoms with van der Waals surface area (Å²) in [5, 5.41) is 16.7. The summed E-state index contributed by atoms with van der Waals surface area (Å²) in [6.45, 7) is 1.92. The molecule has 0 aliphatic heterocycles. The number of aryl methyl sites for hydroxylation is 1. The third kappa shape index (κ3) is 4.90. The lowest BCUT2D eigenvalue weighted by Gasteiger charge is -2.08. The normalized spacial score (nSPS) is 11.5. The number of nitrogens with one attached hydrogen (secondary N) is 1. The summed E-state index contributed by atoms with van der Waals surface area (Å²) in [6, 6.07) is 12.6.